The lowest BCUT2D eigenvalue weighted by Crippen LogP contribution is -2.53. The van der Waals surface area contributed by atoms with E-state index in [0.29, 0.717) is 13.1 Å². The molecule has 5 heteroatoms. The molecule has 2 rings (SSSR count). The maximum atomic E-state index is 13.7. The molecule has 1 atom stereocenters. The third-order valence-electron chi connectivity index (χ3n) is 3.74. The van der Waals surface area contributed by atoms with Gasteiger partial charge in [0.15, 0.2) is 0 Å². The third-order valence-corrected chi connectivity index (χ3v) is 3.74. The molecule has 1 amide bonds. The maximum absolute atomic E-state index is 13.7. The van der Waals surface area contributed by atoms with E-state index >= 15 is 0 Å². The lowest BCUT2D eigenvalue weighted by Gasteiger charge is -2.39. The van der Waals surface area contributed by atoms with Crippen LogP contribution in [0.5, 0.6) is 5.75 Å². The van der Waals surface area contributed by atoms with Crippen molar-refractivity contribution in [1.29, 1.82) is 0 Å². The zero-order chi connectivity index (χ0) is 14.0. The Morgan fingerprint density at radius 1 is 1.47 bits per heavy atom. The van der Waals surface area contributed by atoms with E-state index in [2.05, 4.69) is 11.8 Å². The Morgan fingerprint density at radius 2 is 2.21 bits per heavy atom. The number of nitrogens with zero attached hydrogens (tertiary/aromatic N) is 2. The lowest BCUT2D eigenvalue weighted by molar-refractivity contribution is 0.0534. The Bertz CT molecular complexity index is 458. The topological polar surface area (TPSA) is 43.8 Å². The predicted molar refractivity (Wildman–Crippen MR) is 70.7 cm³/mol. The van der Waals surface area contributed by atoms with Gasteiger partial charge in [0.1, 0.15) is 17.1 Å². The third kappa shape index (κ3) is 2.71. The van der Waals surface area contributed by atoms with Crippen LogP contribution in [-0.4, -0.2) is 53.5 Å². The number of carbonyl (C=O) groups is 1. The van der Waals surface area contributed by atoms with Gasteiger partial charge in [-0.15, -0.1) is 0 Å². The summed E-state index contributed by atoms with van der Waals surface area (Å²) in [5.74, 6) is -1.39. The quantitative estimate of drug-likeness (QED) is 0.886. The minimum absolute atomic E-state index is 0.220. The Balaban J connectivity index is 2.20. The molecule has 4 nitrogen and oxygen atoms in total. The molecule has 1 N–H and O–H groups in total. The molecular weight excluding hydrogens is 247 g/mol. The van der Waals surface area contributed by atoms with Gasteiger partial charge in [-0.25, -0.2) is 4.39 Å². The van der Waals surface area contributed by atoms with Gasteiger partial charge in [0.25, 0.3) is 5.91 Å². The summed E-state index contributed by atoms with van der Waals surface area (Å²) in [5.41, 5.74) is -0.220. The van der Waals surface area contributed by atoms with Crippen LogP contribution in [0.25, 0.3) is 0 Å². The first kappa shape index (κ1) is 13.8. The molecule has 0 spiro atoms. The van der Waals surface area contributed by atoms with E-state index in [1.165, 1.54) is 18.2 Å². The van der Waals surface area contributed by atoms with Crippen molar-refractivity contribution in [3.05, 3.63) is 29.6 Å². The number of benzene rings is 1. The standard InChI is InChI=1S/C14H19FN2O2/c1-3-10-9-17(8-7-16(10)2)14(19)13-11(15)5-4-6-12(13)18/h4-6,10,18H,3,7-9H2,1-2H3. The van der Waals surface area contributed by atoms with Crippen molar-refractivity contribution in [3.63, 3.8) is 0 Å². The number of aromatic hydroxyl groups is 1. The number of carbonyl (C=O) groups excluding carboxylic acids is 1. The molecule has 19 heavy (non-hydrogen) atoms. The van der Waals surface area contributed by atoms with Crippen LogP contribution in [0.1, 0.15) is 23.7 Å². The Labute approximate surface area is 112 Å². The molecule has 1 unspecified atom stereocenters. The predicted octanol–water partition coefficient (Wildman–Crippen LogP) is 1.70. The van der Waals surface area contributed by atoms with Crippen LogP contribution >= 0.6 is 0 Å². The van der Waals surface area contributed by atoms with E-state index in [4.69, 9.17) is 0 Å². The molecule has 1 saturated heterocycles. The molecule has 1 aliphatic heterocycles. The van der Waals surface area contributed by atoms with Gasteiger partial charge in [-0.05, 0) is 25.6 Å². The van der Waals surface area contributed by atoms with Crippen LogP contribution in [-0.2, 0) is 0 Å². The van der Waals surface area contributed by atoms with Gasteiger partial charge in [-0.3, -0.25) is 9.69 Å². The fraction of sp³-hybridized carbons (Fsp3) is 0.500. The molecule has 1 aliphatic rings. The van der Waals surface area contributed by atoms with Crippen LogP contribution in [0.4, 0.5) is 4.39 Å². The SMILES string of the molecule is CCC1CN(C(=O)c2c(O)cccc2F)CCN1C. The number of rotatable bonds is 2. The van der Waals surface area contributed by atoms with Crippen molar-refractivity contribution in [3.8, 4) is 5.75 Å². The minimum Gasteiger partial charge on any atom is -0.507 e. The van der Waals surface area contributed by atoms with E-state index in [1.54, 1.807) is 4.90 Å². The first-order chi connectivity index (χ1) is 9.04. The van der Waals surface area contributed by atoms with Crippen molar-refractivity contribution in [2.45, 2.75) is 19.4 Å². The van der Waals surface area contributed by atoms with Crippen LogP contribution in [0.15, 0.2) is 18.2 Å². The average Bonchev–Trinajstić information content (AvgIpc) is 2.39. The highest BCUT2D eigenvalue weighted by Gasteiger charge is 2.29. The summed E-state index contributed by atoms with van der Waals surface area (Å²) in [7, 11) is 2.02. The van der Waals surface area contributed by atoms with Gasteiger partial charge in [0.05, 0.1) is 0 Å². The molecule has 0 saturated carbocycles. The highest BCUT2D eigenvalue weighted by Crippen LogP contribution is 2.23. The summed E-state index contributed by atoms with van der Waals surface area (Å²) >= 11 is 0. The van der Waals surface area contributed by atoms with E-state index in [-0.39, 0.29) is 17.4 Å². The number of phenolic OH excluding ortho intramolecular Hbond substituents is 1. The zero-order valence-corrected chi connectivity index (χ0v) is 11.3. The number of amides is 1. The number of likely N-dealkylation sites (N-methyl/N-ethyl adjacent to an activating group) is 1. The highest BCUT2D eigenvalue weighted by molar-refractivity contribution is 5.97. The molecule has 0 aromatic heterocycles. The minimum atomic E-state index is -0.669. The van der Waals surface area contributed by atoms with Crippen molar-refractivity contribution in [1.82, 2.24) is 9.80 Å². The first-order valence-corrected chi connectivity index (χ1v) is 6.51. The molecule has 1 heterocycles. The molecule has 0 bridgehead atoms. The maximum Gasteiger partial charge on any atom is 0.260 e. The van der Waals surface area contributed by atoms with E-state index in [9.17, 15) is 14.3 Å². The van der Waals surface area contributed by atoms with Gasteiger partial charge >= 0.3 is 0 Å². The molecule has 1 aromatic rings. The van der Waals surface area contributed by atoms with Crippen molar-refractivity contribution >= 4 is 5.91 Å². The number of halogens is 1. The van der Waals surface area contributed by atoms with E-state index < -0.39 is 11.7 Å². The number of phenols is 1. The summed E-state index contributed by atoms with van der Waals surface area (Å²) in [6.45, 7) is 3.95. The Morgan fingerprint density at radius 3 is 2.84 bits per heavy atom. The van der Waals surface area contributed by atoms with Crippen molar-refractivity contribution in [2.75, 3.05) is 26.7 Å². The monoisotopic (exact) mass is 266 g/mol. The molecule has 1 aromatic carbocycles. The van der Waals surface area contributed by atoms with Gasteiger partial charge < -0.3 is 10.0 Å². The molecule has 104 valence electrons. The van der Waals surface area contributed by atoms with Crippen molar-refractivity contribution < 1.29 is 14.3 Å². The Kier molecular flexibility index (Phi) is 4.04. The highest BCUT2D eigenvalue weighted by atomic mass is 19.1. The van der Waals surface area contributed by atoms with Crippen LogP contribution in [0.3, 0.4) is 0 Å². The van der Waals surface area contributed by atoms with Gasteiger partial charge in [0, 0.05) is 25.7 Å². The number of hydrogen-bond donors (Lipinski definition) is 1. The summed E-state index contributed by atoms with van der Waals surface area (Å²) in [6.07, 6.45) is 0.934. The van der Waals surface area contributed by atoms with Gasteiger partial charge in [-0.2, -0.15) is 0 Å². The van der Waals surface area contributed by atoms with Crippen LogP contribution in [0, 0.1) is 5.82 Å². The normalized spacial score (nSPS) is 20.6. The summed E-state index contributed by atoms with van der Waals surface area (Å²) < 4.78 is 13.7. The first-order valence-electron chi connectivity index (χ1n) is 6.51. The molecular formula is C14H19FN2O2. The summed E-state index contributed by atoms with van der Waals surface area (Å²) in [5, 5.41) is 9.67. The largest absolute Gasteiger partial charge is 0.507 e. The summed E-state index contributed by atoms with van der Waals surface area (Å²) in [6, 6.07) is 4.20. The van der Waals surface area contributed by atoms with Gasteiger partial charge in [0.2, 0.25) is 0 Å². The molecule has 0 radical (unpaired) electrons. The van der Waals surface area contributed by atoms with Crippen LogP contribution in [0.2, 0.25) is 0 Å². The molecule has 0 aliphatic carbocycles. The second kappa shape index (κ2) is 5.57. The summed E-state index contributed by atoms with van der Waals surface area (Å²) in [4.78, 5) is 16.1. The average molecular weight is 266 g/mol. The van der Waals surface area contributed by atoms with Gasteiger partial charge in [-0.1, -0.05) is 13.0 Å². The second-order valence-electron chi connectivity index (χ2n) is 4.93. The second-order valence-corrected chi connectivity index (χ2v) is 4.93. The lowest BCUT2D eigenvalue weighted by atomic mass is 10.1. The van der Waals surface area contributed by atoms with E-state index in [1.807, 2.05) is 7.05 Å². The Hall–Kier alpha value is -1.62. The zero-order valence-electron chi connectivity index (χ0n) is 11.3. The number of hydrogen-bond acceptors (Lipinski definition) is 3. The molecule has 1 fully saturated rings. The van der Waals surface area contributed by atoms with Crippen LogP contribution < -0.4 is 0 Å². The van der Waals surface area contributed by atoms with Crippen molar-refractivity contribution in [2.24, 2.45) is 0 Å². The smallest absolute Gasteiger partial charge is 0.260 e. The number of piperazine rings is 1. The van der Waals surface area contributed by atoms with E-state index in [0.717, 1.165) is 13.0 Å². The fourth-order valence-corrected chi connectivity index (χ4v) is 2.45. The fourth-order valence-electron chi connectivity index (χ4n) is 2.45.